The van der Waals surface area contributed by atoms with Crippen LogP contribution in [-0.4, -0.2) is 11.2 Å². The number of fused-ring (bicyclic) bond motifs is 5. The molecule has 0 saturated heterocycles. The third-order valence-electron chi connectivity index (χ3n) is 2.53. The SMILES string of the molecule is [2H]C1([2H])C([2H])([2H])[C@]2([2H])C(O)[C@@]1([2H])[C@@H]1C[C@@H]12. The Balaban J connectivity index is 2.27. The van der Waals surface area contributed by atoms with E-state index in [1.807, 2.05) is 0 Å². The Morgan fingerprint density at radius 2 is 1.89 bits per heavy atom. The summed E-state index contributed by atoms with van der Waals surface area (Å²) in [7, 11) is 0. The van der Waals surface area contributed by atoms with Gasteiger partial charge in [-0.2, -0.15) is 0 Å². The molecule has 3 rings (SSSR count). The van der Waals surface area contributed by atoms with Gasteiger partial charge in [-0.15, -0.1) is 0 Å². The van der Waals surface area contributed by atoms with E-state index >= 15 is 0 Å². The molecule has 9 heavy (non-hydrogen) atoms. The van der Waals surface area contributed by atoms with E-state index in [4.69, 9.17) is 8.22 Å². The molecule has 1 nitrogen and oxygen atoms in total. The molecule has 0 radical (unpaired) electrons. The minimum atomic E-state index is -2.45. The number of rotatable bonds is 0. The van der Waals surface area contributed by atoms with E-state index in [1.165, 1.54) is 0 Å². The number of aliphatic hydroxyl groups excluding tert-OH is 1. The lowest BCUT2D eigenvalue weighted by molar-refractivity contribution is 0.108. The lowest BCUT2D eigenvalue weighted by Gasteiger charge is -2.09. The van der Waals surface area contributed by atoms with Crippen LogP contribution < -0.4 is 0 Å². The number of hydrogen-bond donors (Lipinski definition) is 1. The van der Waals surface area contributed by atoms with Crippen molar-refractivity contribution in [1.82, 2.24) is 0 Å². The highest BCUT2D eigenvalue weighted by atomic mass is 16.3. The number of hydrogen-bond acceptors (Lipinski definition) is 1. The van der Waals surface area contributed by atoms with Gasteiger partial charge in [0.1, 0.15) is 0 Å². The molecule has 3 saturated carbocycles. The first-order chi connectivity index (χ1) is 6.63. The maximum atomic E-state index is 9.86. The van der Waals surface area contributed by atoms with Gasteiger partial charge in [0.2, 0.25) is 0 Å². The van der Waals surface area contributed by atoms with Crippen LogP contribution in [0.2, 0.25) is 0 Å². The van der Waals surface area contributed by atoms with Crippen molar-refractivity contribution in [2.45, 2.75) is 25.3 Å². The fourth-order valence-electron chi connectivity index (χ4n) is 1.92. The van der Waals surface area contributed by atoms with E-state index in [0.717, 1.165) is 0 Å². The zero-order valence-electron chi connectivity index (χ0n) is 10.9. The average molecular weight is 130 g/mol. The molecular formula is C8H12O. The zero-order chi connectivity index (χ0) is 11.4. The molecular weight excluding hydrogens is 112 g/mol. The fourth-order valence-corrected chi connectivity index (χ4v) is 1.92. The third kappa shape index (κ3) is 0.389. The fraction of sp³-hybridized carbons (Fsp3) is 1.00. The largest absolute Gasteiger partial charge is 0.393 e. The molecule has 50 valence electrons. The van der Waals surface area contributed by atoms with E-state index < -0.39 is 30.6 Å². The summed E-state index contributed by atoms with van der Waals surface area (Å²) in [5.74, 6) is -4.35. The smallest absolute Gasteiger partial charge is 0.0602 e. The highest BCUT2D eigenvalue weighted by Gasteiger charge is 2.62. The van der Waals surface area contributed by atoms with Gasteiger partial charge in [-0.05, 0) is 42.8 Å². The van der Waals surface area contributed by atoms with Gasteiger partial charge in [-0.3, -0.25) is 0 Å². The summed E-state index contributed by atoms with van der Waals surface area (Å²) in [5.41, 5.74) is 0. The minimum Gasteiger partial charge on any atom is -0.393 e. The van der Waals surface area contributed by atoms with Gasteiger partial charge < -0.3 is 5.11 Å². The normalized spacial score (nSPS) is 106. The third-order valence-corrected chi connectivity index (χ3v) is 2.53. The van der Waals surface area contributed by atoms with Gasteiger partial charge in [-0.25, -0.2) is 0 Å². The van der Waals surface area contributed by atoms with Gasteiger partial charge in [0.05, 0.1) is 6.10 Å². The summed E-state index contributed by atoms with van der Waals surface area (Å²) >= 11 is 0. The first kappa shape index (κ1) is 1.97. The van der Waals surface area contributed by atoms with Crippen molar-refractivity contribution < 1.29 is 13.3 Å². The Hall–Kier alpha value is -0.0400. The molecule has 1 unspecified atom stereocenters. The van der Waals surface area contributed by atoms with Crippen molar-refractivity contribution in [2.24, 2.45) is 23.6 Å². The second-order valence-corrected chi connectivity index (χ2v) is 3.01. The Labute approximate surface area is 63.5 Å². The molecule has 1 N–H and O–H groups in total. The van der Waals surface area contributed by atoms with Crippen molar-refractivity contribution in [2.75, 3.05) is 0 Å². The highest BCUT2D eigenvalue weighted by molar-refractivity contribution is 5.11. The van der Waals surface area contributed by atoms with Crippen molar-refractivity contribution >= 4 is 0 Å². The van der Waals surface area contributed by atoms with Crippen LogP contribution in [-0.2, 0) is 0 Å². The molecule has 1 heteroatoms. The molecule has 0 aromatic heterocycles. The van der Waals surface area contributed by atoms with Crippen LogP contribution in [0.4, 0.5) is 0 Å². The molecule has 2 bridgehead atoms. The van der Waals surface area contributed by atoms with Crippen LogP contribution in [0, 0.1) is 23.6 Å². The molecule has 0 aromatic carbocycles. The summed E-state index contributed by atoms with van der Waals surface area (Å²) < 4.78 is 46.9. The Morgan fingerprint density at radius 1 is 1.33 bits per heavy atom. The summed E-state index contributed by atoms with van der Waals surface area (Å²) in [6.07, 6.45) is -5.90. The lowest BCUT2D eigenvalue weighted by atomic mass is 10.0. The average Bonchev–Trinajstić information content (AvgIpc) is 2.86. The number of aliphatic hydroxyl groups is 1. The molecule has 5 atom stereocenters. The zero-order valence-corrected chi connectivity index (χ0v) is 4.89. The highest BCUT2D eigenvalue weighted by Crippen LogP contribution is 2.65. The first-order valence-electron chi connectivity index (χ1n) is 6.31. The van der Waals surface area contributed by atoms with Crippen LogP contribution in [0.5, 0.6) is 0 Å². The Kier molecular flexibility index (Phi) is 0.262. The van der Waals surface area contributed by atoms with Crippen LogP contribution in [0.3, 0.4) is 0 Å². The molecule has 3 fully saturated rings. The molecule has 0 spiro atoms. The van der Waals surface area contributed by atoms with Crippen molar-refractivity contribution in [1.29, 1.82) is 0 Å². The minimum absolute atomic E-state index is 0.344. The van der Waals surface area contributed by atoms with Crippen molar-refractivity contribution in [3.8, 4) is 0 Å². The van der Waals surface area contributed by atoms with Gasteiger partial charge in [0.15, 0.2) is 0 Å². The predicted octanol–water partition coefficient (Wildman–Crippen LogP) is 1.02. The maximum Gasteiger partial charge on any atom is 0.0602 e. The second-order valence-electron chi connectivity index (χ2n) is 3.01. The lowest BCUT2D eigenvalue weighted by Crippen LogP contribution is -2.15. The molecule has 3 aliphatic rings. The molecule has 3 aliphatic carbocycles. The van der Waals surface area contributed by atoms with E-state index in [-0.39, 0.29) is 11.8 Å². The predicted molar refractivity (Wildman–Crippen MR) is 33.8 cm³/mol. The standard InChI is InChI=1S/C8H12O/c9-8-4-1-2-5(8)7-3-6(4)7/h4-9H,1-3H2/t4-,5+,6+,7-,8?/i1D2,2D2,4D,5D. The molecule has 0 amide bonds. The van der Waals surface area contributed by atoms with E-state index in [9.17, 15) is 5.11 Å². The van der Waals surface area contributed by atoms with Crippen molar-refractivity contribution in [3.63, 3.8) is 0 Å². The summed E-state index contributed by atoms with van der Waals surface area (Å²) in [6, 6.07) is 0. The van der Waals surface area contributed by atoms with E-state index in [0.29, 0.717) is 6.42 Å². The first-order valence-corrected chi connectivity index (χ1v) is 3.31. The van der Waals surface area contributed by atoms with Gasteiger partial charge in [0.25, 0.3) is 0 Å². The van der Waals surface area contributed by atoms with Gasteiger partial charge in [-0.1, -0.05) is 0 Å². The van der Waals surface area contributed by atoms with Crippen molar-refractivity contribution in [3.05, 3.63) is 0 Å². The van der Waals surface area contributed by atoms with Gasteiger partial charge in [0, 0.05) is 8.22 Å². The van der Waals surface area contributed by atoms with E-state index in [1.54, 1.807) is 0 Å². The summed E-state index contributed by atoms with van der Waals surface area (Å²) in [5, 5.41) is 9.86. The Morgan fingerprint density at radius 3 is 2.33 bits per heavy atom. The van der Waals surface area contributed by atoms with Crippen LogP contribution in [0.25, 0.3) is 0 Å². The summed E-state index contributed by atoms with van der Waals surface area (Å²) in [6.45, 7) is 0. The van der Waals surface area contributed by atoms with Crippen LogP contribution in [0.1, 0.15) is 27.4 Å². The summed E-state index contributed by atoms with van der Waals surface area (Å²) in [4.78, 5) is 0. The van der Waals surface area contributed by atoms with Crippen LogP contribution >= 0.6 is 0 Å². The van der Waals surface area contributed by atoms with Gasteiger partial charge >= 0.3 is 0 Å². The maximum absolute atomic E-state index is 9.86. The molecule has 0 aromatic rings. The molecule has 0 heterocycles. The quantitative estimate of drug-likeness (QED) is 0.519. The van der Waals surface area contributed by atoms with Crippen LogP contribution in [0.15, 0.2) is 0 Å². The van der Waals surface area contributed by atoms with E-state index in [2.05, 4.69) is 0 Å². The topological polar surface area (TPSA) is 20.2 Å². The monoisotopic (exact) mass is 130 g/mol. The Bertz CT molecular complexity index is 325. The molecule has 0 aliphatic heterocycles. The second kappa shape index (κ2) is 1.20.